The van der Waals surface area contributed by atoms with Gasteiger partial charge < -0.3 is 11.1 Å². The van der Waals surface area contributed by atoms with Crippen LogP contribution in [0.25, 0.3) is 0 Å². The average Bonchev–Trinajstić information content (AvgIpc) is 3.07. The van der Waals surface area contributed by atoms with Crippen molar-refractivity contribution in [2.45, 2.75) is 24.7 Å². The van der Waals surface area contributed by atoms with Crippen LogP contribution in [0.3, 0.4) is 0 Å². The van der Waals surface area contributed by atoms with Crippen LogP contribution in [-0.2, 0) is 10.2 Å². The summed E-state index contributed by atoms with van der Waals surface area (Å²) in [5.74, 6) is -0.0748. The number of anilines is 1. The summed E-state index contributed by atoms with van der Waals surface area (Å²) < 4.78 is 0. The lowest BCUT2D eigenvalue weighted by Crippen LogP contribution is -2.38. The first-order valence-electron chi connectivity index (χ1n) is 8.13. The van der Waals surface area contributed by atoms with E-state index in [0.717, 1.165) is 17.0 Å². The second kappa shape index (κ2) is 7.17. The van der Waals surface area contributed by atoms with E-state index >= 15 is 0 Å². The number of rotatable bonds is 4. The molecule has 25 heavy (non-hydrogen) atoms. The summed E-state index contributed by atoms with van der Waals surface area (Å²) in [6.07, 6.45) is 1.68. The lowest BCUT2D eigenvalue weighted by molar-refractivity contribution is -0.121. The first-order valence-corrected chi connectivity index (χ1v) is 8.13. The molecule has 0 heterocycles. The van der Waals surface area contributed by atoms with Crippen molar-refractivity contribution >= 4 is 23.3 Å². The quantitative estimate of drug-likeness (QED) is 0.748. The van der Waals surface area contributed by atoms with E-state index in [1.165, 1.54) is 0 Å². The van der Waals surface area contributed by atoms with E-state index < -0.39 is 11.4 Å². The molecule has 4 N–H and O–H groups in total. The monoisotopic (exact) mass is 336 g/mol. The van der Waals surface area contributed by atoms with Gasteiger partial charge in [0.05, 0.1) is 5.41 Å². The van der Waals surface area contributed by atoms with Gasteiger partial charge in [0.1, 0.15) is 0 Å². The summed E-state index contributed by atoms with van der Waals surface area (Å²) in [4.78, 5) is 24.0. The molecule has 0 spiro atoms. The number of hydrazone groups is 1. The number of nitrogens with two attached hydrogens (primary N) is 1. The zero-order valence-electron chi connectivity index (χ0n) is 13.7. The van der Waals surface area contributed by atoms with Gasteiger partial charge in [-0.15, -0.1) is 0 Å². The number of primary amides is 1. The van der Waals surface area contributed by atoms with Gasteiger partial charge in [-0.2, -0.15) is 5.10 Å². The minimum atomic E-state index is -0.713. The number of nitrogens with zero attached hydrogens (tertiary/aromatic N) is 1. The van der Waals surface area contributed by atoms with Gasteiger partial charge in [-0.25, -0.2) is 10.2 Å². The van der Waals surface area contributed by atoms with Gasteiger partial charge in [0.15, 0.2) is 0 Å². The Morgan fingerprint density at radius 1 is 1.00 bits per heavy atom. The molecule has 0 aliphatic heterocycles. The summed E-state index contributed by atoms with van der Waals surface area (Å²) in [5, 5.41) is 7.05. The number of para-hydroxylation sites is 1. The molecular weight excluding hydrogens is 316 g/mol. The van der Waals surface area contributed by atoms with E-state index in [0.29, 0.717) is 19.3 Å². The van der Waals surface area contributed by atoms with Gasteiger partial charge in [-0.3, -0.25) is 4.79 Å². The highest BCUT2D eigenvalue weighted by molar-refractivity contribution is 6.05. The van der Waals surface area contributed by atoms with E-state index in [-0.39, 0.29) is 5.91 Å². The second-order valence-corrected chi connectivity index (χ2v) is 6.10. The number of hydrogen-bond acceptors (Lipinski definition) is 3. The third-order valence-corrected chi connectivity index (χ3v) is 4.46. The normalized spacial score (nSPS) is 21.0. The van der Waals surface area contributed by atoms with Gasteiger partial charge in [-0.1, -0.05) is 48.5 Å². The highest BCUT2D eigenvalue weighted by Gasteiger charge is 2.45. The van der Waals surface area contributed by atoms with Crippen LogP contribution in [0.2, 0.25) is 0 Å². The Morgan fingerprint density at radius 2 is 1.64 bits per heavy atom. The van der Waals surface area contributed by atoms with Gasteiger partial charge in [0.25, 0.3) is 0 Å². The standard InChI is InChI=1S/C19H20N4O2/c20-18(25)23-22-16-11-12-19(13-16,14-7-3-1-4-8-14)17(24)21-15-9-5-2-6-10-15/h1-10H,11-13H2,(H,21,24)(H3,20,23,25)/b22-16+/t19-/m1/s1. The fourth-order valence-corrected chi connectivity index (χ4v) is 3.21. The predicted molar refractivity (Wildman–Crippen MR) is 97.2 cm³/mol. The zero-order valence-corrected chi connectivity index (χ0v) is 13.7. The van der Waals surface area contributed by atoms with Crippen LogP contribution in [0.5, 0.6) is 0 Å². The van der Waals surface area contributed by atoms with Crippen LogP contribution in [0.15, 0.2) is 65.8 Å². The molecule has 6 heteroatoms. The molecule has 0 unspecified atom stereocenters. The van der Waals surface area contributed by atoms with Crippen molar-refractivity contribution in [3.05, 3.63) is 66.2 Å². The second-order valence-electron chi connectivity index (χ2n) is 6.10. The van der Waals surface area contributed by atoms with Crippen LogP contribution in [-0.4, -0.2) is 17.6 Å². The third kappa shape index (κ3) is 3.68. The number of benzene rings is 2. The Morgan fingerprint density at radius 3 is 2.28 bits per heavy atom. The predicted octanol–water partition coefficient (Wildman–Crippen LogP) is 2.77. The minimum Gasteiger partial charge on any atom is -0.350 e. The minimum absolute atomic E-state index is 0.0748. The van der Waals surface area contributed by atoms with Crippen LogP contribution in [0, 0.1) is 0 Å². The van der Waals surface area contributed by atoms with Crippen molar-refractivity contribution in [2.24, 2.45) is 10.8 Å². The van der Waals surface area contributed by atoms with Gasteiger partial charge in [0.2, 0.25) is 5.91 Å². The molecule has 0 radical (unpaired) electrons. The average molecular weight is 336 g/mol. The fraction of sp³-hybridized carbons (Fsp3) is 0.211. The third-order valence-electron chi connectivity index (χ3n) is 4.46. The maximum atomic E-state index is 13.1. The van der Waals surface area contributed by atoms with Crippen molar-refractivity contribution in [1.82, 2.24) is 5.43 Å². The Bertz CT molecular complexity index is 790. The van der Waals surface area contributed by atoms with E-state index in [9.17, 15) is 9.59 Å². The number of amides is 3. The van der Waals surface area contributed by atoms with Gasteiger partial charge >= 0.3 is 6.03 Å². The molecule has 128 valence electrons. The molecule has 6 nitrogen and oxygen atoms in total. The first-order chi connectivity index (χ1) is 12.1. The Labute approximate surface area is 146 Å². The maximum Gasteiger partial charge on any atom is 0.332 e. The van der Waals surface area contributed by atoms with Crippen LogP contribution >= 0.6 is 0 Å². The highest BCUT2D eigenvalue weighted by atomic mass is 16.2. The molecule has 1 fully saturated rings. The van der Waals surface area contributed by atoms with Crippen molar-refractivity contribution in [2.75, 3.05) is 5.32 Å². The van der Waals surface area contributed by atoms with Crippen molar-refractivity contribution < 1.29 is 9.59 Å². The number of urea groups is 1. The molecule has 1 atom stereocenters. The largest absolute Gasteiger partial charge is 0.350 e. The molecule has 3 rings (SSSR count). The summed E-state index contributed by atoms with van der Waals surface area (Å²) >= 11 is 0. The van der Waals surface area contributed by atoms with E-state index in [4.69, 9.17) is 5.73 Å². The molecule has 0 aromatic heterocycles. The molecule has 2 aromatic rings. The summed E-state index contributed by atoms with van der Waals surface area (Å²) in [5.41, 5.74) is 9.07. The molecule has 2 aromatic carbocycles. The van der Waals surface area contributed by atoms with E-state index in [1.54, 1.807) is 0 Å². The Hall–Kier alpha value is -3.15. The van der Waals surface area contributed by atoms with E-state index in [2.05, 4.69) is 15.8 Å². The van der Waals surface area contributed by atoms with Crippen molar-refractivity contribution in [1.29, 1.82) is 0 Å². The van der Waals surface area contributed by atoms with Crippen molar-refractivity contribution in [3.8, 4) is 0 Å². The van der Waals surface area contributed by atoms with E-state index in [1.807, 2.05) is 60.7 Å². The number of carbonyl (C=O) groups is 2. The number of carbonyl (C=O) groups excluding carboxylic acids is 2. The number of nitrogens with one attached hydrogen (secondary N) is 2. The van der Waals surface area contributed by atoms with Crippen LogP contribution in [0.1, 0.15) is 24.8 Å². The molecule has 0 saturated heterocycles. The van der Waals surface area contributed by atoms with Crippen molar-refractivity contribution in [3.63, 3.8) is 0 Å². The summed E-state index contributed by atoms with van der Waals surface area (Å²) in [6.45, 7) is 0. The topological polar surface area (TPSA) is 96.6 Å². The fourth-order valence-electron chi connectivity index (χ4n) is 3.21. The lowest BCUT2D eigenvalue weighted by atomic mass is 9.78. The van der Waals surface area contributed by atoms with Crippen LogP contribution < -0.4 is 16.5 Å². The SMILES string of the molecule is NC(=O)N/N=C1\CC[C@](C(=O)Nc2ccccc2)(c2ccccc2)C1. The molecule has 1 aliphatic carbocycles. The molecular formula is C19H20N4O2. The highest BCUT2D eigenvalue weighted by Crippen LogP contribution is 2.40. The summed E-state index contributed by atoms with van der Waals surface area (Å²) in [6, 6.07) is 18.3. The lowest BCUT2D eigenvalue weighted by Gasteiger charge is -2.28. The Balaban J connectivity index is 1.90. The number of hydrogen-bond donors (Lipinski definition) is 3. The molecule has 3 amide bonds. The molecule has 1 aliphatic rings. The molecule has 0 bridgehead atoms. The van der Waals surface area contributed by atoms with Gasteiger partial charge in [-0.05, 0) is 30.5 Å². The van der Waals surface area contributed by atoms with Crippen LogP contribution in [0.4, 0.5) is 10.5 Å². The smallest absolute Gasteiger partial charge is 0.332 e. The Kier molecular flexibility index (Phi) is 4.79. The molecule has 1 saturated carbocycles. The zero-order chi connectivity index (χ0) is 17.7. The van der Waals surface area contributed by atoms with Gasteiger partial charge in [0, 0.05) is 17.8 Å². The summed E-state index contributed by atoms with van der Waals surface area (Å²) in [7, 11) is 0. The maximum absolute atomic E-state index is 13.1. The first kappa shape index (κ1) is 16.7.